The van der Waals surface area contributed by atoms with Crippen LogP contribution >= 0.6 is 0 Å². The second-order valence-electron chi connectivity index (χ2n) is 3.36. The Bertz CT molecular complexity index is 113. The van der Waals surface area contributed by atoms with E-state index in [9.17, 15) is 4.79 Å². The Morgan fingerprint density at radius 3 is 2.30 bits per heavy atom. The largest absolute Gasteiger partial charge is 0.356 e. The van der Waals surface area contributed by atoms with Crippen molar-refractivity contribution in [1.29, 1.82) is 0 Å². The topological polar surface area (TPSA) is 29.1 Å². The molecule has 0 aromatic rings. The van der Waals surface area contributed by atoms with Gasteiger partial charge >= 0.3 is 0 Å². The highest BCUT2D eigenvalue weighted by molar-refractivity contribution is 5.81. The average molecular weight is 142 g/mol. The Balaban J connectivity index is 3.64. The van der Waals surface area contributed by atoms with Crippen LogP contribution in [-0.4, -0.2) is 12.5 Å². The maximum atomic E-state index is 11.1. The first kappa shape index (κ1) is 9.47. The molecule has 0 unspecified atom stereocenters. The van der Waals surface area contributed by atoms with Gasteiger partial charge < -0.3 is 5.32 Å². The summed E-state index contributed by atoms with van der Waals surface area (Å²) in [5.74, 6) is 0.0937. The van der Waals surface area contributed by atoms with Gasteiger partial charge in [0.15, 0.2) is 0 Å². The maximum absolute atomic E-state index is 11.1. The molecule has 0 saturated heterocycles. The van der Waals surface area contributed by atoms with Crippen molar-refractivity contribution < 1.29 is 4.79 Å². The van der Waals surface area contributed by atoms with Crippen LogP contribution in [0.5, 0.6) is 0 Å². The molecule has 2 nitrogen and oxygen atoms in total. The number of hydrogen-bond donors (Lipinski definition) is 1. The Kier molecular flexibility index (Phi) is 3.40. The van der Waals surface area contributed by atoms with Crippen LogP contribution in [0.15, 0.2) is 0 Å². The summed E-state index contributed by atoms with van der Waals surface area (Å²) in [5, 5.41) is 2.77. The molecule has 0 heterocycles. The first-order valence-electron chi connectivity index (χ1n) is 3.56. The molecular formula is C8H16NO. The molecule has 10 heavy (non-hydrogen) atoms. The van der Waals surface area contributed by atoms with Crippen molar-refractivity contribution in [3.05, 3.63) is 6.92 Å². The molecule has 0 aliphatic carbocycles. The van der Waals surface area contributed by atoms with Gasteiger partial charge in [-0.1, -0.05) is 27.7 Å². The van der Waals surface area contributed by atoms with Gasteiger partial charge in [-0.05, 0) is 6.42 Å². The lowest BCUT2D eigenvalue weighted by Crippen LogP contribution is -2.35. The van der Waals surface area contributed by atoms with Gasteiger partial charge in [0.2, 0.25) is 5.91 Å². The first-order chi connectivity index (χ1) is 4.48. The van der Waals surface area contributed by atoms with Gasteiger partial charge in [0.1, 0.15) is 0 Å². The molecule has 0 aromatic carbocycles. The fourth-order valence-corrected chi connectivity index (χ4v) is 0.467. The number of rotatable bonds is 2. The fraction of sp³-hybridized carbons (Fsp3) is 0.750. The zero-order valence-corrected chi connectivity index (χ0v) is 7.03. The molecule has 1 N–H and O–H groups in total. The van der Waals surface area contributed by atoms with Gasteiger partial charge in [0.25, 0.3) is 0 Å². The van der Waals surface area contributed by atoms with E-state index >= 15 is 0 Å². The lowest BCUT2D eigenvalue weighted by Gasteiger charge is -2.16. The van der Waals surface area contributed by atoms with Gasteiger partial charge in [0, 0.05) is 12.0 Å². The van der Waals surface area contributed by atoms with E-state index in [0.29, 0.717) is 6.54 Å². The molecule has 0 spiro atoms. The third-order valence-corrected chi connectivity index (χ3v) is 1.14. The summed E-state index contributed by atoms with van der Waals surface area (Å²) in [6.45, 7) is 9.98. The minimum absolute atomic E-state index is 0.0937. The zero-order valence-electron chi connectivity index (χ0n) is 7.03. The van der Waals surface area contributed by atoms with Gasteiger partial charge in [-0.3, -0.25) is 4.79 Å². The number of nitrogens with one attached hydrogen (secondary N) is 1. The summed E-state index contributed by atoms with van der Waals surface area (Å²) in [6.07, 6.45) is 0.752. The quantitative estimate of drug-likeness (QED) is 0.620. The van der Waals surface area contributed by atoms with E-state index in [4.69, 9.17) is 0 Å². The van der Waals surface area contributed by atoms with E-state index in [0.717, 1.165) is 6.42 Å². The molecule has 0 saturated carbocycles. The highest BCUT2D eigenvalue weighted by atomic mass is 16.2. The molecule has 1 amide bonds. The van der Waals surface area contributed by atoms with Crippen molar-refractivity contribution in [2.75, 3.05) is 6.54 Å². The molecule has 0 fully saturated rings. The third-order valence-electron chi connectivity index (χ3n) is 1.14. The third kappa shape index (κ3) is 3.49. The molecule has 2 heteroatoms. The molecular weight excluding hydrogens is 126 g/mol. The van der Waals surface area contributed by atoms with Crippen LogP contribution in [0.4, 0.5) is 0 Å². The van der Waals surface area contributed by atoms with E-state index in [1.54, 1.807) is 0 Å². The fourth-order valence-electron chi connectivity index (χ4n) is 0.467. The van der Waals surface area contributed by atoms with Crippen LogP contribution in [0.2, 0.25) is 0 Å². The highest BCUT2D eigenvalue weighted by Crippen LogP contribution is 2.11. The van der Waals surface area contributed by atoms with Crippen LogP contribution in [0, 0.1) is 12.3 Å². The highest BCUT2D eigenvalue weighted by Gasteiger charge is 2.19. The van der Waals surface area contributed by atoms with E-state index in [2.05, 4.69) is 12.2 Å². The molecule has 0 aliphatic rings. The molecule has 0 rings (SSSR count). The Morgan fingerprint density at radius 1 is 1.50 bits per heavy atom. The lowest BCUT2D eigenvalue weighted by molar-refractivity contribution is -0.128. The molecule has 1 radical (unpaired) electrons. The van der Waals surface area contributed by atoms with Crippen molar-refractivity contribution in [2.24, 2.45) is 5.41 Å². The molecule has 0 aliphatic heterocycles. The van der Waals surface area contributed by atoms with Crippen LogP contribution in [0.25, 0.3) is 0 Å². The predicted octanol–water partition coefficient (Wildman–Crippen LogP) is 1.37. The first-order valence-corrected chi connectivity index (χ1v) is 3.56. The number of amides is 1. The Hall–Kier alpha value is -0.530. The standard InChI is InChI=1S/C8H16NO/c1-5-6-9-7(10)8(2,3)4/h1,5-6H2,2-4H3,(H,9,10). The molecule has 0 bridgehead atoms. The number of hydrogen-bond acceptors (Lipinski definition) is 1. The second-order valence-corrected chi connectivity index (χ2v) is 3.36. The summed E-state index contributed by atoms with van der Waals surface area (Å²) < 4.78 is 0. The van der Waals surface area contributed by atoms with Crippen molar-refractivity contribution in [1.82, 2.24) is 5.32 Å². The normalized spacial score (nSPS) is 11.2. The van der Waals surface area contributed by atoms with Gasteiger partial charge in [-0.25, -0.2) is 0 Å². The van der Waals surface area contributed by atoms with Crippen LogP contribution in [0.3, 0.4) is 0 Å². The minimum Gasteiger partial charge on any atom is -0.356 e. The summed E-state index contributed by atoms with van der Waals surface area (Å²) in [5.41, 5.74) is -0.269. The lowest BCUT2D eigenvalue weighted by atomic mass is 9.96. The van der Waals surface area contributed by atoms with Crippen molar-refractivity contribution in [3.8, 4) is 0 Å². The summed E-state index contributed by atoms with van der Waals surface area (Å²) >= 11 is 0. The summed E-state index contributed by atoms with van der Waals surface area (Å²) in [7, 11) is 0. The molecule has 0 atom stereocenters. The van der Waals surface area contributed by atoms with Crippen LogP contribution in [-0.2, 0) is 4.79 Å². The van der Waals surface area contributed by atoms with Crippen LogP contribution < -0.4 is 5.32 Å². The van der Waals surface area contributed by atoms with E-state index in [1.807, 2.05) is 20.8 Å². The van der Waals surface area contributed by atoms with Crippen molar-refractivity contribution >= 4 is 5.91 Å². The minimum atomic E-state index is -0.269. The van der Waals surface area contributed by atoms with E-state index in [-0.39, 0.29) is 11.3 Å². The monoisotopic (exact) mass is 142 g/mol. The summed E-state index contributed by atoms with van der Waals surface area (Å²) in [4.78, 5) is 11.1. The zero-order chi connectivity index (χ0) is 8.20. The number of carbonyl (C=O) groups excluding carboxylic acids is 1. The van der Waals surface area contributed by atoms with Gasteiger partial charge in [-0.15, -0.1) is 0 Å². The van der Waals surface area contributed by atoms with E-state index < -0.39 is 0 Å². The predicted molar refractivity (Wildman–Crippen MR) is 42.4 cm³/mol. The Labute approximate surface area is 63.0 Å². The van der Waals surface area contributed by atoms with Crippen molar-refractivity contribution in [3.63, 3.8) is 0 Å². The number of carbonyl (C=O) groups is 1. The van der Waals surface area contributed by atoms with Crippen LogP contribution in [0.1, 0.15) is 27.2 Å². The maximum Gasteiger partial charge on any atom is 0.225 e. The average Bonchev–Trinajstić information content (AvgIpc) is 1.80. The molecule has 59 valence electrons. The summed E-state index contributed by atoms with van der Waals surface area (Å²) in [6, 6.07) is 0. The SMILES string of the molecule is [CH2]CCNC(=O)C(C)(C)C. The molecule has 0 aromatic heterocycles. The Morgan fingerprint density at radius 2 is 2.00 bits per heavy atom. The smallest absolute Gasteiger partial charge is 0.225 e. The second kappa shape index (κ2) is 3.59. The van der Waals surface area contributed by atoms with E-state index in [1.165, 1.54) is 0 Å². The van der Waals surface area contributed by atoms with Gasteiger partial charge in [-0.2, -0.15) is 0 Å². The van der Waals surface area contributed by atoms with Crippen molar-refractivity contribution in [2.45, 2.75) is 27.2 Å². The van der Waals surface area contributed by atoms with Gasteiger partial charge in [0.05, 0.1) is 0 Å².